The lowest BCUT2D eigenvalue weighted by atomic mass is 10.2. The van der Waals surface area contributed by atoms with Gasteiger partial charge in [0.1, 0.15) is 26.4 Å². The van der Waals surface area contributed by atoms with E-state index in [1.54, 1.807) is 0 Å². The summed E-state index contributed by atoms with van der Waals surface area (Å²) < 4.78 is 47.0. The van der Waals surface area contributed by atoms with E-state index in [9.17, 15) is 0 Å². The molecule has 0 N–H and O–H groups in total. The second kappa shape index (κ2) is 20.1. The Morgan fingerprint density at radius 1 is 0.405 bits per heavy atom. The van der Waals surface area contributed by atoms with Gasteiger partial charge in [-0.15, -0.1) is 0 Å². The molecular formula is C32H50N2O8. The maximum Gasteiger partial charge on any atom is 0.163 e. The fourth-order valence-corrected chi connectivity index (χ4v) is 4.51. The molecule has 0 aliphatic carbocycles. The SMILES string of the molecule is CCN(CC)c1ccc2c(c1)OCCOCCOCCOc1ccc(N(CC)CC)cc1OCCOCCOCCO2. The van der Waals surface area contributed by atoms with Crippen LogP contribution in [0.3, 0.4) is 0 Å². The van der Waals surface area contributed by atoms with Crippen molar-refractivity contribution in [3.8, 4) is 23.0 Å². The van der Waals surface area contributed by atoms with E-state index >= 15 is 0 Å². The maximum absolute atomic E-state index is 6.06. The molecule has 1 aliphatic rings. The molecule has 10 nitrogen and oxygen atoms in total. The highest BCUT2D eigenvalue weighted by atomic mass is 16.6. The van der Waals surface area contributed by atoms with Crippen LogP contribution in [0.5, 0.6) is 23.0 Å². The minimum atomic E-state index is 0.404. The van der Waals surface area contributed by atoms with E-state index in [0.29, 0.717) is 102 Å². The Balaban J connectivity index is 1.56. The first kappa shape index (κ1) is 33.6. The summed E-state index contributed by atoms with van der Waals surface area (Å²) >= 11 is 0. The molecule has 0 saturated carbocycles. The molecule has 1 aliphatic heterocycles. The van der Waals surface area contributed by atoms with Crippen molar-refractivity contribution >= 4 is 11.4 Å². The Morgan fingerprint density at radius 2 is 0.690 bits per heavy atom. The molecule has 0 bridgehead atoms. The standard InChI is InChI=1S/C32H50N2O8/c1-5-33(6-2)27-9-11-29-31(25-27)41-23-19-37-15-13-36-18-22-40-30-12-10-28(34(7-3)8-4)26-32(30)42-24-20-38-16-14-35-17-21-39-29/h9-12,25-26H,5-8,13-24H2,1-4H3. The molecule has 3 rings (SSSR count). The predicted molar refractivity (Wildman–Crippen MR) is 165 cm³/mol. The van der Waals surface area contributed by atoms with Crippen molar-refractivity contribution in [3.63, 3.8) is 0 Å². The van der Waals surface area contributed by atoms with Crippen LogP contribution in [-0.4, -0.2) is 105 Å². The highest BCUT2D eigenvalue weighted by Gasteiger charge is 2.12. The topological polar surface area (TPSA) is 80.3 Å². The summed E-state index contributed by atoms with van der Waals surface area (Å²) in [6.07, 6.45) is 0. The minimum Gasteiger partial charge on any atom is -0.487 e. The summed E-state index contributed by atoms with van der Waals surface area (Å²) in [6, 6.07) is 12.1. The smallest absolute Gasteiger partial charge is 0.163 e. The van der Waals surface area contributed by atoms with E-state index in [-0.39, 0.29) is 0 Å². The Hall–Kier alpha value is -2.92. The van der Waals surface area contributed by atoms with Crippen LogP contribution >= 0.6 is 0 Å². The van der Waals surface area contributed by atoms with Crippen LogP contribution in [0.1, 0.15) is 27.7 Å². The molecule has 0 fully saturated rings. The summed E-state index contributed by atoms with van der Waals surface area (Å²) in [7, 11) is 0. The average molecular weight is 591 g/mol. The number of fused-ring (bicyclic) bond motifs is 2. The van der Waals surface area contributed by atoms with Gasteiger partial charge < -0.3 is 47.7 Å². The Labute approximate surface area is 251 Å². The molecule has 1 heterocycles. The minimum absolute atomic E-state index is 0.404. The van der Waals surface area contributed by atoms with Gasteiger partial charge in [-0.2, -0.15) is 0 Å². The van der Waals surface area contributed by atoms with Crippen molar-refractivity contribution in [1.29, 1.82) is 0 Å². The molecule has 0 unspecified atom stereocenters. The highest BCUT2D eigenvalue weighted by molar-refractivity contribution is 5.57. The van der Waals surface area contributed by atoms with Gasteiger partial charge in [-0.05, 0) is 52.0 Å². The highest BCUT2D eigenvalue weighted by Crippen LogP contribution is 2.33. The maximum atomic E-state index is 6.06. The van der Waals surface area contributed by atoms with Gasteiger partial charge in [0.25, 0.3) is 0 Å². The molecule has 2 aromatic rings. The van der Waals surface area contributed by atoms with Crippen molar-refractivity contribution in [2.45, 2.75) is 27.7 Å². The van der Waals surface area contributed by atoms with E-state index in [2.05, 4.69) is 49.6 Å². The molecule has 236 valence electrons. The summed E-state index contributed by atoms with van der Waals surface area (Å²) in [5.74, 6) is 2.76. The third-order valence-corrected chi connectivity index (χ3v) is 6.80. The molecule has 0 spiro atoms. The summed E-state index contributed by atoms with van der Waals surface area (Å²) in [5.41, 5.74) is 2.19. The number of benzene rings is 2. The zero-order chi connectivity index (χ0) is 29.8. The van der Waals surface area contributed by atoms with Crippen molar-refractivity contribution in [3.05, 3.63) is 36.4 Å². The second-order valence-electron chi connectivity index (χ2n) is 9.45. The van der Waals surface area contributed by atoms with E-state index in [1.807, 2.05) is 24.3 Å². The summed E-state index contributed by atoms with van der Waals surface area (Å²) in [6.45, 7) is 17.5. The van der Waals surface area contributed by atoms with Gasteiger partial charge in [0.15, 0.2) is 23.0 Å². The molecule has 0 aromatic heterocycles. The van der Waals surface area contributed by atoms with Crippen LogP contribution in [0, 0.1) is 0 Å². The lowest BCUT2D eigenvalue weighted by molar-refractivity contribution is 0.0223. The first-order valence-corrected chi connectivity index (χ1v) is 15.3. The molecule has 0 radical (unpaired) electrons. The number of hydrogen-bond acceptors (Lipinski definition) is 10. The fraction of sp³-hybridized carbons (Fsp3) is 0.625. The third kappa shape index (κ3) is 11.4. The summed E-state index contributed by atoms with van der Waals surface area (Å²) in [5, 5.41) is 0. The van der Waals surface area contributed by atoms with Crippen molar-refractivity contribution < 1.29 is 37.9 Å². The van der Waals surface area contributed by atoms with Crippen LogP contribution in [0.15, 0.2) is 36.4 Å². The predicted octanol–water partition coefficient (Wildman–Crippen LogP) is 4.67. The van der Waals surface area contributed by atoms with Crippen molar-refractivity contribution in [2.75, 3.05) is 115 Å². The van der Waals surface area contributed by atoms with E-state index < -0.39 is 0 Å². The first-order chi connectivity index (χ1) is 20.7. The molecular weight excluding hydrogens is 540 g/mol. The summed E-state index contributed by atoms with van der Waals surface area (Å²) in [4.78, 5) is 4.53. The zero-order valence-electron chi connectivity index (χ0n) is 25.9. The normalized spacial score (nSPS) is 16.7. The number of hydrogen-bond donors (Lipinski definition) is 0. The third-order valence-electron chi connectivity index (χ3n) is 6.80. The average Bonchev–Trinajstić information content (AvgIpc) is 3.01. The van der Waals surface area contributed by atoms with Crippen molar-refractivity contribution in [2.24, 2.45) is 0 Å². The van der Waals surface area contributed by atoms with Crippen LogP contribution in [-0.2, 0) is 18.9 Å². The molecule has 0 amide bonds. The monoisotopic (exact) mass is 590 g/mol. The van der Waals surface area contributed by atoms with Gasteiger partial charge in [-0.25, -0.2) is 0 Å². The van der Waals surface area contributed by atoms with Crippen LogP contribution < -0.4 is 28.7 Å². The Morgan fingerprint density at radius 3 is 1.00 bits per heavy atom. The van der Waals surface area contributed by atoms with Crippen LogP contribution in [0.25, 0.3) is 0 Å². The van der Waals surface area contributed by atoms with Gasteiger partial charge in [0.2, 0.25) is 0 Å². The molecule has 10 heteroatoms. The molecule has 0 saturated heterocycles. The zero-order valence-corrected chi connectivity index (χ0v) is 25.9. The largest absolute Gasteiger partial charge is 0.487 e. The van der Waals surface area contributed by atoms with E-state index in [0.717, 1.165) is 37.6 Å². The van der Waals surface area contributed by atoms with Crippen LogP contribution in [0.4, 0.5) is 11.4 Å². The lowest BCUT2D eigenvalue weighted by Gasteiger charge is -2.23. The van der Waals surface area contributed by atoms with Gasteiger partial charge >= 0.3 is 0 Å². The van der Waals surface area contributed by atoms with Crippen LogP contribution in [0.2, 0.25) is 0 Å². The van der Waals surface area contributed by atoms with E-state index in [1.165, 1.54) is 0 Å². The first-order valence-electron chi connectivity index (χ1n) is 15.3. The van der Waals surface area contributed by atoms with Gasteiger partial charge in [-0.1, -0.05) is 0 Å². The lowest BCUT2D eigenvalue weighted by Crippen LogP contribution is -2.22. The fourth-order valence-electron chi connectivity index (χ4n) is 4.51. The van der Waals surface area contributed by atoms with E-state index in [4.69, 9.17) is 37.9 Å². The Kier molecular flexibility index (Phi) is 16.0. The second-order valence-corrected chi connectivity index (χ2v) is 9.45. The molecule has 0 atom stereocenters. The van der Waals surface area contributed by atoms with Gasteiger partial charge in [-0.3, -0.25) is 0 Å². The molecule has 42 heavy (non-hydrogen) atoms. The molecule has 2 aromatic carbocycles. The number of rotatable bonds is 6. The quantitative estimate of drug-likeness (QED) is 0.473. The Bertz CT molecular complexity index is 921. The van der Waals surface area contributed by atoms with Gasteiger partial charge in [0.05, 0.1) is 52.9 Å². The number of nitrogens with zero attached hydrogens (tertiary/aromatic N) is 2. The number of anilines is 2. The number of ether oxygens (including phenoxy) is 8. The van der Waals surface area contributed by atoms with Crippen molar-refractivity contribution in [1.82, 2.24) is 0 Å². The van der Waals surface area contributed by atoms with Gasteiger partial charge in [0, 0.05) is 49.7 Å².